The lowest BCUT2D eigenvalue weighted by Gasteiger charge is -2.20. The van der Waals surface area contributed by atoms with Crippen molar-refractivity contribution in [3.63, 3.8) is 0 Å². The molecule has 1 aliphatic rings. The van der Waals surface area contributed by atoms with E-state index < -0.39 is 5.91 Å². The molecule has 0 aliphatic heterocycles. The van der Waals surface area contributed by atoms with Crippen molar-refractivity contribution >= 4 is 5.91 Å². The largest absolute Gasteiger partial charge is 0.364 e. The van der Waals surface area contributed by atoms with E-state index in [0.717, 1.165) is 6.04 Å². The third-order valence-corrected chi connectivity index (χ3v) is 2.88. The maximum Gasteiger partial charge on any atom is 0.265 e. The molecule has 4 N–H and O–H groups in total. The van der Waals surface area contributed by atoms with Gasteiger partial charge in [-0.25, -0.2) is 0 Å². The smallest absolute Gasteiger partial charge is 0.265 e. The number of aromatic nitrogens is 1. The highest BCUT2D eigenvalue weighted by Crippen LogP contribution is 2.16. The van der Waals surface area contributed by atoms with Gasteiger partial charge in [-0.15, -0.1) is 0 Å². The summed E-state index contributed by atoms with van der Waals surface area (Å²) in [5, 5.41) is 3.30. The SMILES string of the molecule is CNC1CCCCC1.NC(=O)c1ccc[nH]1. The Kier molecular flexibility index (Phi) is 5.64. The Balaban J connectivity index is 0.000000160. The fourth-order valence-corrected chi connectivity index (χ4v) is 1.87. The normalized spacial score (nSPS) is 16.3. The van der Waals surface area contributed by atoms with E-state index in [9.17, 15) is 4.79 Å². The molecule has 0 unspecified atom stereocenters. The molecule has 4 nitrogen and oxygen atoms in total. The summed E-state index contributed by atoms with van der Waals surface area (Å²) in [5.74, 6) is -0.421. The van der Waals surface area contributed by atoms with E-state index in [1.807, 2.05) is 0 Å². The van der Waals surface area contributed by atoms with E-state index >= 15 is 0 Å². The first kappa shape index (κ1) is 12.8. The second-order valence-corrected chi connectivity index (χ2v) is 4.07. The van der Waals surface area contributed by atoms with Crippen LogP contribution in [0.4, 0.5) is 0 Å². The van der Waals surface area contributed by atoms with Gasteiger partial charge in [-0.3, -0.25) is 4.79 Å². The molecule has 1 fully saturated rings. The summed E-state index contributed by atoms with van der Waals surface area (Å²) in [4.78, 5) is 12.9. The molecule has 0 aromatic carbocycles. The van der Waals surface area contributed by atoms with Gasteiger partial charge in [0.2, 0.25) is 0 Å². The highest BCUT2D eigenvalue weighted by atomic mass is 16.1. The zero-order valence-corrected chi connectivity index (χ0v) is 9.83. The van der Waals surface area contributed by atoms with Gasteiger partial charge in [0.05, 0.1) is 0 Å². The van der Waals surface area contributed by atoms with Crippen LogP contribution in [0.5, 0.6) is 0 Å². The lowest BCUT2D eigenvalue weighted by atomic mass is 9.96. The second-order valence-electron chi connectivity index (χ2n) is 4.07. The number of rotatable bonds is 2. The van der Waals surface area contributed by atoms with E-state index in [1.165, 1.54) is 32.1 Å². The van der Waals surface area contributed by atoms with Gasteiger partial charge in [-0.2, -0.15) is 0 Å². The summed E-state index contributed by atoms with van der Waals surface area (Å²) < 4.78 is 0. The molecule has 90 valence electrons. The lowest BCUT2D eigenvalue weighted by molar-refractivity contribution is 0.0996. The van der Waals surface area contributed by atoms with Crippen LogP contribution < -0.4 is 11.1 Å². The van der Waals surface area contributed by atoms with Crippen molar-refractivity contribution in [3.05, 3.63) is 24.0 Å². The van der Waals surface area contributed by atoms with Crippen molar-refractivity contribution in [1.82, 2.24) is 10.3 Å². The van der Waals surface area contributed by atoms with Gasteiger partial charge in [0, 0.05) is 12.2 Å². The Morgan fingerprint density at radius 1 is 1.44 bits per heavy atom. The summed E-state index contributed by atoms with van der Waals surface area (Å²) >= 11 is 0. The minimum Gasteiger partial charge on any atom is -0.364 e. The molecular formula is C12H21N3O. The van der Waals surface area contributed by atoms with Gasteiger partial charge in [0.25, 0.3) is 5.91 Å². The summed E-state index contributed by atoms with van der Waals surface area (Å²) in [6, 6.07) is 4.19. The molecular weight excluding hydrogens is 202 g/mol. The number of primary amides is 1. The van der Waals surface area contributed by atoms with Gasteiger partial charge in [-0.1, -0.05) is 19.3 Å². The van der Waals surface area contributed by atoms with Crippen LogP contribution in [0.15, 0.2) is 18.3 Å². The number of hydrogen-bond acceptors (Lipinski definition) is 2. The number of nitrogens with one attached hydrogen (secondary N) is 2. The molecule has 0 atom stereocenters. The Bertz CT molecular complexity index is 289. The molecule has 1 saturated carbocycles. The average molecular weight is 223 g/mol. The van der Waals surface area contributed by atoms with E-state index in [1.54, 1.807) is 18.3 Å². The summed E-state index contributed by atoms with van der Waals surface area (Å²) in [7, 11) is 2.07. The first-order valence-electron chi connectivity index (χ1n) is 5.84. The van der Waals surface area contributed by atoms with Crippen molar-refractivity contribution in [3.8, 4) is 0 Å². The van der Waals surface area contributed by atoms with Crippen LogP contribution in [0, 0.1) is 0 Å². The fraction of sp³-hybridized carbons (Fsp3) is 0.583. The van der Waals surface area contributed by atoms with Gasteiger partial charge >= 0.3 is 0 Å². The van der Waals surface area contributed by atoms with Crippen molar-refractivity contribution < 1.29 is 4.79 Å². The first-order chi connectivity index (χ1) is 7.74. The zero-order valence-electron chi connectivity index (χ0n) is 9.83. The molecule has 1 amide bonds. The number of H-pyrrole nitrogens is 1. The lowest BCUT2D eigenvalue weighted by Crippen LogP contribution is -2.26. The fourth-order valence-electron chi connectivity index (χ4n) is 1.87. The minimum atomic E-state index is -0.421. The van der Waals surface area contributed by atoms with Gasteiger partial charge in [-0.05, 0) is 32.0 Å². The number of nitrogens with two attached hydrogens (primary N) is 1. The summed E-state index contributed by atoms with van der Waals surface area (Å²) in [6.45, 7) is 0. The van der Waals surface area contributed by atoms with Crippen molar-refractivity contribution in [1.29, 1.82) is 0 Å². The quantitative estimate of drug-likeness (QED) is 0.713. The molecule has 1 aromatic heterocycles. The average Bonchev–Trinajstić information content (AvgIpc) is 2.85. The molecule has 1 heterocycles. The number of carbonyl (C=O) groups is 1. The van der Waals surface area contributed by atoms with Crippen LogP contribution in [0.25, 0.3) is 0 Å². The van der Waals surface area contributed by atoms with Crippen LogP contribution >= 0.6 is 0 Å². The zero-order chi connectivity index (χ0) is 11.8. The van der Waals surface area contributed by atoms with Crippen LogP contribution in [0.3, 0.4) is 0 Å². The first-order valence-corrected chi connectivity index (χ1v) is 5.84. The second kappa shape index (κ2) is 7.06. The highest BCUT2D eigenvalue weighted by molar-refractivity contribution is 5.90. The van der Waals surface area contributed by atoms with Crippen LogP contribution in [-0.2, 0) is 0 Å². The molecule has 2 rings (SSSR count). The third kappa shape index (κ3) is 4.49. The molecule has 4 heteroatoms. The number of aromatic amines is 1. The molecule has 0 bridgehead atoms. The van der Waals surface area contributed by atoms with Crippen LogP contribution in [-0.4, -0.2) is 24.0 Å². The van der Waals surface area contributed by atoms with Crippen molar-refractivity contribution in [2.75, 3.05) is 7.05 Å². The van der Waals surface area contributed by atoms with Crippen LogP contribution in [0.2, 0.25) is 0 Å². The van der Waals surface area contributed by atoms with E-state index in [2.05, 4.69) is 17.3 Å². The maximum atomic E-state index is 10.3. The third-order valence-electron chi connectivity index (χ3n) is 2.88. The number of amides is 1. The molecule has 1 aromatic rings. The molecule has 1 aliphatic carbocycles. The highest BCUT2D eigenvalue weighted by Gasteiger charge is 2.09. The Morgan fingerprint density at radius 2 is 2.12 bits per heavy atom. The van der Waals surface area contributed by atoms with E-state index in [4.69, 9.17) is 5.73 Å². The van der Waals surface area contributed by atoms with E-state index in [-0.39, 0.29) is 0 Å². The monoisotopic (exact) mass is 223 g/mol. The predicted octanol–water partition coefficient (Wildman–Crippen LogP) is 1.65. The standard InChI is InChI=1S/C7H15N.C5H6N2O/c1-8-7-5-3-2-4-6-7;6-5(8)4-2-1-3-7-4/h7-8H,2-6H2,1H3;1-3,7H,(H2,6,8). The van der Waals surface area contributed by atoms with Crippen molar-refractivity contribution in [2.24, 2.45) is 5.73 Å². The summed E-state index contributed by atoms with van der Waals surface area (Å²) in [6.07, 6.45) is 8.78. The maximum absolute atomic E-state index is 10.3. The molecule has 0 saturated heterocycles. The molecule has 16 heavy (non-hydrogen) atoms. The topological polar surface area (TPSA) is 70.9 Å². The predicted molar refractivity (Wildman–Crippen MR) is 65.2 cm³/mol. The number of hydrogen-bond donors (Lipinski definition) is 3. The Hall–Kier alpha value is -1.29. The Labute approximate surface area is 96.6 Å². The van der Waals surface area contributed by atoms with Gasteiger partial charge < -0.3 is 16.0 Å². The van der Waals surface area contributed by atoms with E-state index in [0.29, 0.717) is 5.69 Å². The molecule has 0 radical (unpaired) electrons. The summed E-state index contributed by atoms with van der Waals surface area (Å²) in [5.41, 5.74) is 5.34. The van der Waals surface area contributed by atoms with Crippen molar-refractivity contribution in [2.45, 2.75) is 38.1 Å². The van der Waals surface area contributed by atoms with Crippen LogP contribution in [0.1, 0.15) is 42.6 Å². The van der Waals surface area contributed by atoms with Gasteiger partial charge in [0.1, 0.15) is 5.69 Å². The molecule has 0 spiro atoms. The Morgan fingerprint density at radius 3 is 2.44 bits per heavy atom. The minimum absolute atomic E-state index is 0.421. The van der Waals surface area contributed by atoms with Gasteiger partial charge in [0.15, 0.2) is 0 Å². The number of carbonyl (C=O) groups excluding carboxylic acids is 1.